The van der Waals surface area contributed by atoms with Gasteiger partial charge in [-0.05, 0) is 70.6 Å². The summed E-state index contributed by atoms with van der Waals surface area (Å²) in [6.07, 6.45) is 6.18. The lowest BCUT2D eigenvalue weighted by atomic mass is 9.94. The number of pyridine rings is 1. The largest absolute Gasteiger partial charge is 0.478 e. The van der Waals surface area contributed by atoms with E-state index in [1.165, 1.54) is 6.26 Å². The fourth-order valence-corrected chi connectivity index (χ4v) is 5.50. The molecule has 1 aromatic heterocycles. The third-order valence-corrected chi connectivity index (χ3v) is 7.44. The molecule has 172 valence electrons. The van der Waals surface area contributed by atoms with Crippen molar-refractivity contribution in [1.29, 1.82) is 0 Å². The SMILES string of the molecule is CCC(c1cc(-c2cccc(-c3cccc(C=CC(=O)O)c3)c2)c2ncccc2c1)S(C)(=O)=O. The zero-order chi connectivity index (χ0) is 24.3. The van der Waals surface area contributed by atoms with Crippen LogP contribution in [-0.4, -0.2) is 30.7 Å². The highest BCUT2D eigenvalue weighted by Crippen LogP contribution is 2.36. The van der Waals surface area contributed by atoms with Gasteiger partial charge in [0.05, 0.1) is 10.8 Å². The van der Waals surface area contributed by atoms with Crippen LogP contribution in [0.25, 0.3) is 39.2 Å². The Morgan fingerprint density at radius 3 is 2.38 bits per heavy atom. The van der Waals surface area contributed by atoms with Crippen LogP contribution >= 0.6 is 0 Å². The Morgan fingerprint density at radius 2 is 1.68 bits per heavy atom. The normalized spacial score (nSPS) is 12.8. The fourth-order valence-electron chi connectivity index (χ4n) is 4.26. The zero-order valence-corrected chi connectivity index (χ0v) is 19.8. The summed E-state index contributed by atoms with van der Waals surface area (Å²) in [5, 5.41) is 9.21. The summed E-state index contributed by atoms with van der Waals surface area (Å²) in [4.78, 5) is 15.5. The number of carboxylic acid groups (broad SMARTS) is 1. The van der Waals surface area contributed by atoms with Crippen LogP contribution in [0.3, 0.4) is 0 Å². The molecule has 0 aliphatic heterocycles. The molecule has 0 saturated carbocycles. The number of sulfone groups is 1. The maximum Gasteiger partial charge on any atom is 0.328 e. The number of aromatic nitrogens is 1. The minimum Gasteiger partial charge on any atom is -0.478 e. The minimum absolute atomic E-state index is 0.487. The Kier molecular flexibility index (Phi) is 6.61. The zero-order valence-electron chi connectivity index (χ0n) is 19.0. The van der Waals surface area contributed by atoms with E-state index in [0.29, 0.717) is 6.42 Å². The van der Waals surface area contributed by atoms with Crippen LogP contribution in [0.4, 0.5) is 0 Å². The first-order valence-corrected chi connectivity index (χ1v) is 12.9. The average Bonchev–Trinajstić information content (AvgIpc) is 2.82. The van der Waals surface area contributed by atoms with E-state index in [0.717, 1.165) is 50.4 Å². The number of fused-ring (bicyclic) bond motifs is 1. The van der Waals surface area contributed by atoms with E-state index in [4.69, 9.17) is 5.11 Å². The van der Waals surface area contributed by atoms with Crippen molar-refractivity contribution in [2.24, 2.45) is 0 Å². The van der Waals surface area contributed by atoms with Gasteiger partial charge in [-0.25, -0.2) is 13.2 Å². The highest BCUT2D eigenvalue weighted by molar-refractivity contribution is 7.90. The molecule has 6 heteroatoms. The third-order valence-electron chi connectivity index (χ3n) is 5.80. The summed E-state index contributed by atoms with van der Waals surface area (Å²) in [6, 6.07) is 23.3. The van der Waals surface area contributed by atoms with E-state index in [2.05, 4.69) is 11.1 Å². The van der Waals surface area contributed by atoms with Gasteiger partial charge >= 0.3 is 5.97 Å². The minimum atomic E-state index is -3.27. The topological polar surface area (TPSA) is 84.3 Å². The van der Waals surface area contributed by atoms with Crippen LogP contribution < -0.4 is 0 Å². The highest BCUT2D eigenvalue weighted by atomic mass is 32.2. The van der Waals surface area contributed by atoms with Gasteiger partial charge in [0.2, 0.25) is 0 Å². The predicted octanol–water partition coefficient (Wildman–Crippen LogP) is 6.16. The van der Waals surface area contributed by atoms with Crippen LogP contribution in [0, 0.1) is 0 Å². The molecule has 4 aromatic rings. The number of aliphatic carboxylic acids is 1. The van der Waals surface area contributed by atoms with E-state index in [9.17, 15) is 13.2 Å². The summed E-state index contributed by atoms with van der Waals surface area (Å²) in [6.45, 7) is 1.88. The number of carbonyl (C=O) groups is 1. The molecule has 34 heavy (non-hydrogen) atoms. The maximum atomic E-state index is 12.5. The average molecular weight is 472 g/mol. The van der Waals surface area contributed by atoms with Crippen molar-refractivity contribution in [3.8, 4) is 22.3 Å². The van der Waals surface area contributed by atoms with Crippen molar-refractivity contribution in [1.82, 2.24) is 4.98 Å². The Hall–Kier alpha value is -3.77. The first-order chi connectivity index (χ1) is 16.3. The quantitative estimate of drug-likeness (QED) is 0.326. The molecule has 0 radical (unpaired) electrons. The van der Waals surface area contributed by atoms with Crippen molar-refractivity contribution in [2.45, 2.75) is 18.6 Å². The summed E-state index contributed by atoms with van der Waals surface area (Å²) in [5.74, 6) is -0.994. The van der Waals surface area contributed by atoms with Crippen molar-refractivity contribution in [3.05, 3.63) is 96.2 Å². The van der Waals surface area contributed by atoms with Gasteiger partial charge in [0.25, 0.3) is 0 Å². The van der Waals surface area contributed by atoms with Gasteiger partial charge in [0, 0.05) is 29.5 Å². The van der Waals surface area contributed by atoms with E-state index >= 15 is 0 Å². The second-order valence-electron chi connectivity index (χ2n) is 8.25. The molecule has 0 aliphatic carbocycles. The fraction of sp³-hybridized carbons (Fsp3) is 0.143. The van der Waals surface area contributed by atoms with Gasteiger partial charge in [-0.15, -0.1) is 0 Å². The predicted molar refractivity (Wildman–Crippen MR) is 137 cm³/mol. The summed E-state index contributed by atoms with van der Waals surface area (Å²) in [5.41, 5.74) is 6.07. The van der Waals surface area contributed by atoms with Crippen LogP contribution in [0.5, 0.6) is 0 Å². The molecule has 4 rings (SSSR count). The van der Waals surface area contributed by atoms with Crippen molar-refractivity contribution in [3.63, 3.8) is 0 Å². The van der Waals surface area contributed by atoms with Gasteiger partial charge < -0.3 is 5.11 Å². The molecule has 1 N–H and O–H groups in total. The third kappa shape index (κ3) is 5.07. The van der Waals surface area contributed by atoms with Gasteiger partial charge in [0.15, 0.2) is 9.84 Å². The smallest absolute Gasteiger partial charge is 0.328 e. The number of nitrogens with zero attached hydrogens (tertiary/aromatic N) is 1. The van der Waals surface area contributed by atoms with E-state index in [-0.39, 0.29) is 0 Å². The molecular weight excluding hydrogens is 446 g/mol. The van der Waals surface area contributed by atoms with E-state index < -0.39 is 21.1 Å². The Morgan fingerprint density at radius 1 is 0.971 bits per heavy atom. The van der Waals surface area contributed by atoms with Gasteiger partial charge in [-0.3, -0.25) is 4.98 Å². The molecule has 0 bridgehead atoms. The first kappa shape index (κ1) is 23.4. The molecule has 3 aromatic carbocycles. The molecule has 0 amide bonds. The molecule has 0 saturated heterocycles. The van der Waals surface area contributed by atoms with Gasteiger partial charge in [0.1, 0.15) is 0 Å². The molecule has 0 spiro atoms. The number of carboxylic acids is 1. The number of benzene rings is 3. The first-order valence-electron chi connectivity index (χ1n) is 11.0. The second kappa shape index (κ2) is 9.61. The molecule has 1 unspecified atom stereocenters. The van der Waals surface area contributed by atoms with Gasteiger partial charge in [-0.1, -0.05) is 49.4 Å². The lowest BCUT2D eigenvalue weighted by molar-refractivity contribution is -0.131. The van der Waals surface area contributed by atoms with Crippen LogP contribution in [0.2, 0.25) is 0 Å². The van der Waals surface area contributed by atoms with Crippen molar-refractivity contribution < 1.29 is 18.3 Å². The molecule has 1 atom stereocenters. The van der Waals surface area contributed by atoms with Crippen molar-refractivity contribution >= 4 is 32.8 Å². The summed E-state index contributed by atoms with van der Waals surface area (Å²) < 4.78 is 24.9. The van der Waals surface area contributed by atoms with Crippen LogP contribution in [0.15, 0.2) is 85.1 Å². The standard InChI is InChI=1S/C28H25NO4S/c1-3-26(34(2,32)33)24-17-23-11-6-14-29-28(23)25(18-24)22-10-5-9-21(16-22)20-8-4-7-19(15-20)12-13-27(30)31/h4-18,26H,3H2,1-2H3,(H,30,31). The van der Waals surface area contributed by atoms with E-state index in [1.807, 2.05) is 73.7 Å². The Labute approximate surface area is 199 Å². The summed E-state index contributed by atoms with van der Waals surface area (Å²) in [7, 11) is -3.27. The Balaban J connectivity index is 1.86. The maximum absolute atomic E-state index is 12.5. The number of hydrogen-bond acceptors (Lipinski definition) is 4. The second-order valence-corrected chi connectivity index (χ2v) is 10.5. The molecule has 1 heterocycles. The Bertz CT molecular complexity index is 1510. The molecule has 5 nitrogen and oxygen atoms in total. The number of rotatable bonds is 7. The van der Waals surface area contributed by atoms with Crippen molar-refractivity contribution in [2.75, 3.05) is 6.26 Å². The summed E-state index contributed by atoms with van der Waals surface area (Å²) >= 11 is 0. The lowest BCUT2D eigenvalue weighted by Gasteiger charge is -2.17. The monoisotopic (exact) mass is 471 g/mol. The highest BCUT2D eigenvalue weighted by Gasteiger charge is 2.22. The van der Waals surface area contributed by atoms with Gasteiger partial charge in [-0.2, -0.15) is 0 Å². The molecular formula is C28H25NO4S. The van der Waals surface area contributed by atoms with Crippen LogP contribution in [-0.2, 0) is 14.6 Å². The van der Waals surface area contributed by atoms with Crippen LogP contribution in [0.1, 0.15) is 29.7 Å². The molecule has 0 aliphatic rings. The number of hydrogen-bond donors (Lipinski definition) is 1. The lowest BCUT2D eigenvalue weighted by Crippen LogP contribution is -2.10. The molecule has 0 fully saturated rings. The van der Waals surface area contributed by atoms with E-state index in [1.54, 1.807) is 12.3 Å².